The molecule has 22 heavy (non-hydrogen) atoms. The SMILES string of the molecule is O=C(Nc1cccc(NC(=O)C(F)(F)F)c1)C1CCCCC1. The van der Waals surface area contributed by atoms with Gasteiger partial charge in [0, 0.05) is 17.3 Å². The number of halogens is 3. The average Bonchev–Trinajstić information content (AvgIpc) is 2.47. The topological polar surface area (TPSA) is 58.2 Å². The molecule has 0 aromatic heterocycles. The first-order valence-corrected chi connectivity index (χ1v) is 7.15. The number of rotatable bonds is 3. The van der Waals surface area contributed by atoms with Crippen LogP contribution in [0.15, 0.2) is 24.3 Å². The zero-order valence-electron chi connectivity index (χ0n) is 11.9. The van der Waals surface area contributed by atoms with Gasteiger partial charge in [-0.25, -0.2) is 0 Å². The van der Waals surface area contributed by atoms with Crippen molar-refractivity contribution in [3.63, 3.8) is 0 Å². The van der Waals surface area contributed by atoms with Gasteiger partial charge in [0.25, 0.3) is 0 Å². The lowest BCUT2D eigenvalue weighted by Gasteiger charge is -2.20. The molecule has 2 rings (SSSR count). The van der Waals surface area contributed by atoms with Gasteiger partial charge in [-0.05, 0) is 31.0 Å². The molecule has 1 aromatic rings. The summed E-state index contributed by atoms with van der Waals surface area (Å²) in [5, 5.41) is 4.45. The van der Waals surface area contributed by atoms with E-state index in [1.54, 1.807) is 11.4 Å². The second-order valence-electron chi connectivity index (χ2n) is 5.36. The number of benzene rings is 1. The van der Waals surface area contributed by atoms with E-state index in [4.69, 9.17) is 0 Å². The maximum Gasteiger partial charge on any atom is 0.471 e. The highest BCUT2D eigenvalue weighted by atomic mass is 19.4. The van der Waals surface area contributed by atoms with Gasteiger partial charge in [-0.2, -0.15) is 13.2 Å². The van der Waals surface area contributed by atoms with Crippen LogP contribution in [0.5, 0.6) is 0 Å². The van der Waals surface area contributed by atoms with Crippen molar-refractivity contribution in [3.05, 3.63) is 24.3 Å². The number of hydrogen-bond acceptors (Lipinski definition) is 2. The fourth-order valence-corrected chi connectivity index (χ4v) is 2.49. The van der Waals surface area contributed by atoms with Gasteiger partial charge in [-0.3, -0.25) is 9.59 Å². The van der Waals surface area contributed by atoms with Crippen molar-refractivity contribution in [1.29, 1.82) is 0 Å². The standard InChI is InChI=1S/C15H17F3N2O2/c16-15(17,18)14(22)20-12-8-4-7-11(9-12)19-13(21)10-5-2-1-3-6-10/h4,7-10H,1-3,5-6H2,(H,19,21)(H,20,22). The highest BCUT2D eigenvalue weighted by Crippen LogP contribution is 2.26. The summed E-state index contributed by atoms with van der Waals surface area (Å²) in [7, 11) is 0. The van der Waals surface area contributed by atoms with Gasteiger partial charge in [-0.1, -0.05) is 25.3 Å². The molecule has 1 fully saturated rings. The summed E-state index contributed by atoms with van der Waals surface area (Å²) in [6.07, 6.45) is -0.129. The van der Waals surface area contributed by atoms with Crippen LogP contribution in [0.1, 0.15) is 32.1 Å². The summed E-state index contributed by atoms with van der Waals surface area (Å²) in [6.45, 7) is 0. The molecule has 0 spiro atoms. The predicted octanol–water partition coefficient (Wildman–Crippen LogP) is 3.71. The molecule has 0 saturated heterocycles. The maximum absolute atomic E-state index is 12.2. The van der Waals surface area contributed by atoms with Crippen LogP contribution in [0.3, 0.4) is 0 Å². The molecule has 0 atom stereocenters. The minimum atomic E-state index is -4.94. The summed E-state index contributed by atoms with van der Waals surface area (Å²) in [5.74, 6) is -2.22. The number of anilines is 2. The Balaban J connectivity index is 1.99. The number of amides is 2. The van der Waals surface area contributed by atoms with Crippen LogP contribution in [0.25, 0.3) is 0 Å². The molecule has 1 aliphatic rings. The minimum absolute atomic E-state index is 0.0104. The Hall–Kier alpha value is -2.05. The van der Waals surface area contributed by atoms with E-state index >= 15 is 0 Å². The van der Waals surface area contributed by atoms with Crippen LogP contribution >= 0.6 is 0 Å². The first-order valence-electron chi connectivity index (χ1n) is 7.15. The molecule has 0 heterocycles. The Labute approximate surface area is 126 Å². The number of carbonyl (C=O) groups is 2. The Morgan fingerprint density at radius 3 is 2.18 bits per heavy atom. The van der Waals surface area contributed by atoms with Crippen molar-refractivity contribution in [2.24, 2.45) is 5.92 Å². The summed E-state index contributed by atoms with van der Waals surface area (Å²) < 4.78 is 36.6. The van der Waals surface area contributed by atoms with E-state index in [2.05, 4.69) is 5.32 Å². The lowest BCUT2D eigenvalue weighted by atomic mass is 9.88. The Kier molecular flexibility index (Phi) is 5.05. The van der Waals surface area contributed by atoms with Gasteiger partial charge in [0.2, 0.25) is 5.91 Å². The Morgan fingerprint density at radius 2 is 1.59 bits per heavy atom. The molecule has 1 saturated carbocycles. The molecule has 0 unspecified atom stereocenters. The van der Waals surface area contributed by atoms with E-state index in [0.29, 0.717) is 5.69 Å². The predicted molar refractivity (Wildman–Crippen MR) is 76.3 cm³/mol. The molecule has 2 amide bonds. The van der Waals surface area contributed by atoms with Gasteiger partial charge in [0.1, 0.15) is 0 Å². The zero-order chi connectivity index (χ0) is 16.2. The summed E-state index contributed by atoms with van der Waals surface area (Å²) in [5.41, 5.74) is 0.360. The highest BCUT2D eigenvalue weighted by molar-refractivity contribution is 5.97. The molecular weight excluding hydrogens is 297 g/mol. The van der Waals surface area contributed by atoms with E-state index in [1.165, 1.54) is 18.2 Å². The quantitative estimate of drug-likeness (QED) is 0.893. The molecule has 2 N–H and O–H groups in total. The molecule has 1 aromatic carbocycles. The largest absolute Gasteiger partial charge is 0.471 e. The summed E-state index contributed by atoms with van der Waals surface area (Å²) >= 11 is 0. The Bertz CT molecular complexity index is 552. The van der Waals surface area contributed by atoms with E-state index in [9.17, 15) is 22.8 Å². The monoisotopic (exact) mass is 314 g/mol. The third-order valence-corrected chi connectivity index (χ3v) is 3.62. The maximum atomic E-state index is 12.2. The molecule has 0 bridgehead atoms. The summed E-state index contributed by atoms with van der Waals surface area (Å²) in [4.78, 5) is 23.0. The number of nitrogens with one attached hydrogen (secondary N) is 2. The third kappa shape index (κ3) is 4.47. The number of hydrogen-bond donors (Lipinski definition) is 2. The van der Waals surface area contributed by atoms with Gasteiger partial charge in [-0.15, -0.1) is 0 Å². The van der Waals surface area contributed by atoms with E-state index in [1.807, 2.05) is 0 Å². The van der Waals surface area contributed by atoms with Crippen LogP contribution < -0.4 is 10.6 Å². The van der Waals surface area contributed by atoms with Crippen LogP contribution in [-0.4, -0.2) is 18.0 Å². The summed E-state index contributed by atoms with van der Waals surface area (Å²) in [6, 6.07) is 5.69. The smallest absolute Gasteiger partial charge is 0.326 e. The van der Waals surface area contributed by atoms with Crippen molar-refractivity contribution in [2.75, 3.05) is 10.6 Å². The van der Waals surface area contributed by atoms with Gasteiger partial charge < -0.3 is 10.6 Å². The molecule has 7 heteroatoms. The zero-order valence-corrected chi connectivity index (χ0v) is 11.9. The second kappa shape index (κ2) is 6.81. The van der Waals surface area contributed by atoms with E-state index in [-0.39, 0.29) is 17.5 Å². The minimum Gasteiger partial charge on any atom is -0.326 e. The fourth-order valence-electron chi connectivity index (χ4n) is 2.49. The second-order valence-corrected chi connectivity index (χ2v) is 5.36. The van der Waals surface area contributed by atoms with E-state index in [0.717, 1.165) is 32.1 Å². The molecule has 0 radical (unpaired) electrons. The van der Waals surface area contributed by atoms with E-state index < -0.39 is 12.1 Å². The van der Waals surface area contributed by atoms with Crippen molar-refractivity contribution < 1.29 is 22.8 Å². The average molecular weight is 314 g/mol. The van der Waals surface area contributed by atoms with Crippen LogP contribution in [0.4, 0.5) is 24.5 Å². The number of carbonyl (C=O) groups excluding carboxylic acids is 2. The van der Waals surface area contributed by atoms with Crippen LogP contribution in [0, 0.1) is 5.92 Å². The molecule has 120 valence electrons. The first-order chi connectivity index (χ1) is 10.4. The van der Waals surface area contributed by atoms with Gasteiger partial charge in [0.15, 0.2) is 0 Å². The van der Waals surface area contributed by atoms with Crippen molar-refractivity contribution in [3.8, 4) is 0 Å². The van der Waals surface area contributed by atoms with Crippen molar-refractivity contribution >= 4 is 23.2 Å². The normalized spacial score (nSPS) is 16.1. The Morgan fingerprint density at radius 1 is 1.00 bits per heavy atom. The lowest BCUT2D eigenvalue weighted by Crippen LogP contribution is -2.30. The van der Waals surface area contributed by atoms with Crippen LogP contribution in [0.2, 0.25) is 0 Å². The van der Waals surface area contributed by atoms with Crippen LogP contribution in [-0.2, 0) is 9.59 Å². The third-order valence-electron chi connectivity index (χ3n) is 3.62. The van der Waals surface area contributed by atoms with Crippen molar-refractivity contribution in [1.82, 2.24) is 0 Å². The van der Waals surface area contributed by atoms with Gasteiger partial charge >= 0.3 is 12.1 Å². The van der Waals surface area contributed by atoms with Gasteiger partial charge in [0.05, 0.1) is 0 Å². The molecule has 1 aliphatic carbocycles. The molecule has 4 nitrogen and oxygen atoms in total. The fraction of sp³-hybridized carbons (Fsp3) is 0.467. The molecule has 0 aliphatic heterocycles. The molecular formula is C15H17F3N2O2. The highest BCUT2D eigenvalue weighted by Gasteiger charge is 2.38. The number of alkyl halides is 3. The van der Waals surface area contributed by atoms with Crippen molar-refractivity contribution in [2.45, 2.75) is 38.3 Å². The first kappa shape index (κ1) is 16.3. The lowest BCUT2D eigenvalue weighted by molar-refractivity contribution is -0.167.